The third-order valence-corrected chi connectivity index (χ3v) is 5.65. The first-order valence-corrected chi connectivity index (χ1v) is 9.37. The lowest BCUT2D eigenvalue weighted by Gasteiger charge is -2.34. The number of pyridine rings is 1. The minimum atomic E-state index is 0.521. The van der Waals surface area contributed by atoms with Crippen LogP contribution in [0.4, 0.5) is 0 Å². The molecule has 1 N–H and O–H groups in total. The Morgan fingerprint density at radius 2 is 1.88 bits per heavy atom. The Labute approximate surface area is 150 Å². The van der Waals surface area contributed by atoms with Crippen molar-refractivity contribution in [2.45, 2.75) is 32.4 Å². The first-order valence-electron chi connectivity index (χ1n) is 9.37. The van der Waals surface area contributed by atoms with Gasteiger partial charge in [0.05, 0.1) is 5.69 Å². The number of benzene rings is 1. The summed E-state index contributed by atoms with van der Waals surface area (Å²) in [5.74, 6) is 0.986. The molecule has 0 radical (unpaired) electrons. The summed E-state index contributed by atoms with van der Waals surface area (Å²) in [5.41, 5.74) is 2.80. The van der Waals surface area contributed by atoms with E-state index in [9.17, 15) is 0 Å². The molecule has 25 heavy (non-hydrogen) atoms. The summed E-state index contributed by atoms with van der Waals surface area (Å²) in [6.07, 6.45) is 5.79. The maximum Gasteiger partial charge on any atom is 0.130 e. The van der Waals surface area contributed by atoms with E-state index in [1.807, 2.05) is 24.4 Å². The topological polar surface area (TPSA) is 37.4 Å². The van der Waals surface area contributed by atoms with Crippen molar-refractivity contribution >= 4 is 0 Å². The van der Waals surface area contributed by atoms with Crippen molar-refractivity contribution in [1.29, 1.82) is 0 Å². The average Bonchev–Trinajstić information content (AvgIpc) is 3.04. The second kappa shape index (κ2) is 7.54. The van der Waals surface area contributed by atoms with Crippen molar-refractivity contribution in [3.63, 3.8) is 0 Å². The Hall–Kier alpha value is -1.91. The fourth-order valence-electron chi connectivity index (χ4n) is 4.18. The van der Waals surface area contributed by atoms with Gasteiger partial charge in [0.2, 0.25) is 0 Å². The Bertz CT molecular complexity index is 683. The van der Waals surface area contributed by atoms with Gasteiger partial charge in [-0.2, -0.15) is 0 Å². The summed E-state index contributed by atoms with van der Waals surface area (Å²) in [6, 6.07) is 14.4. The summed E-state index contributed by atoms with van der Waals surface area (Å²) >= 11 is 0. The molecule has 132 valence electrons. The maximum absolute atomic E-state index is 6.07. The zero-order valence-corrected chi connectivity index (χ0v) is 14.8. The third kappa shape index (κ3) is 4.02. The van der Waals surface area contributed by atoms with E-state index in [4.69, 9.17) is 4.74 Å². The molecule has 4 rings (SSSR count). The normalized spacial score (nSPS) is 20.0. The molecule has 3 heterocycles. The molecule has 0 aliphatic carbocycles. The summed E-state index contributed by atoms with van der Waals surface area (Å²) in [4.78, 5) is 6.95. The second-order valence-corrected chi connectivity index (χ2v) is 7.43. The van der Waals surface area contributed by atoms with Gasteiger partial charge in [-0.25, -0.2) is 0 Å². The number of hydrogen-bond acceptors (Lipinski definition) is 4. The number of hydrogen-bond donors (Lipinski definition) is 1. The number of nitrogens with zero attached hydrogens (tertiary/aromatic N) is 2. The van der Waals surface area contributed by atoms with Crippen LogP contribution in [-0.2, 0) is 13.2 Å². The van der Waals surface area contributed by atoms with Crippen LogP contribution in [0.1, 0.15) is 30.5 Å². The molecule has 1 aromatic carbocycles. The zero-order chi connectivity index (χ0) is 17.0. The lowest BCUT2D eigenvalue weighted by molar-refractivity contribution is 0.192. The number of ether oxygens (including phenoxy) is 1. The predicted molar refractivity (Wildman–Crippen MR) is 99.4 cm³/mol. The lowest BCUT2D eigenvalue weighted by Crippen LogP contribution is -2.38. The van der Waals surface area contributed by atoms with Crippen molar-refractivity contribution in [2.75, 3.05) is 26.2 Å². The van der Waals surface area contributed by atoms with Gasteiger partial charge in [0.15, 0.2) is 0 Å². The van der Waals surface area contributed by atoms with Gasteiger partial charge in [-0.05, 0) is 62.5 Å². The van der Waals surface area contributed by atoms with E-state index in [1.54, 1.807) is 0 Å². The highest BCUT2D eigenvalue weighted by atomic mass is 16.5. The largest absolute Gasteiger partial charge is 0.487 e. The minimum absolute atomic E-state index is 0.521. The Morgan fingerprint density at radius 1 is 1.04 bits per heavy atom. The van der Waals surface area contributed by atoms with Crippen LogP contribution in [0.5, 0.6) is 5.75 Å². The number of aromatic nitrogens is 1. The van der Waals surface area contributed by atoms with Crippen LogP contribution in [0.25, 0.3) is 0 Å². The molecular weight excluding hydrogens is 310 g/mol. The molecule has 4 nitrogen and oxygen atoms in total. The third-order valence-electron chi connectivity index (χ3n) is 5.65. The smallest absolute Gasteiger partial charge is 0.130 e. The summed E-state index contributed by atoms with van der Waals surface area (Å²) in [7, 11) is 0. The molecule has 1 aromatic heterocycles. The SMILES string of the molecule is c1ccc(COc2ccccc2CN2CCC3(CCNCC3)C2)nc1. The van der Waals surface area contributed by atoms with Gasteiger partial charge in [0.1, 0.15) is 12.4 Å². The molecule has 2 aliphatic rings. The molecule has 4 heteroatoms. The second-order valence-electron chi connectivity index (χ2n) is 7.43. The molecule has 0 unspecified atom stereocenters. The van der Waals surface area contributed by atoms with Crippen LogP contribution in [0.15, 0.2) is 48.7 Å². The molecule has 2 aliphatic heterocycles. The summed E-state index contributed by atoms with van der Waals surface area (Å²) < 4.78 is 6.07. The Kier molecular flexibility index (Phi) is 4.99. The van der Waals surface area contributed by atoms with Gasteiger partial charge in [0, 0.05) is 24.8 Å². The zero-order valence-electron chi connectivity index (χ0n) is 14.8. The van der Waals surface area contributed by atoms with Gasteiger partial charge < -0.3 is 10.1 Å². The van der Waals surface area contributed by atoms with E-state index in [1.165, 1.54) is 51.0 Å². The van der Waals surface area contributed by atoms with Gasteiger partial charge in [-0.3, -0.25) is 9.88 Å². The molecule has 0 amide bonds. The van der Waals surface area contributed by atoms with Crippen LogP contribution in [-0.4, -0.2) is 36.1 Å². The standard InChI is InChI=1S/C21H27N3O/c1-2-7-20(25-16-19-6-3-4-11-23-19)18(5-1)15-24-14-10-21(17-24)8-12-22-13-9-21/h1-7,11,22H,8-10,12-17H2. The number of nitrogens with one attached hydrogen (secondary N) is 1. The van der Waals surface area contributed by atoms with E-state index in [2.05, 4.69) is 39.5 Å². The Balaban J connectivity index is 1.39. The van der Waals surface area contributed by atoms with Crippen molar-refractivity contribution in [3.05, 3.63) is 59.9 Å². The molecule has 1 spiro atoms. The van der Waals surface area contributed by atoms with Crippen LogP contribution in [0, 0.1) is 5.41 Å². The van der Waals surface area contributed by atoms with E-state index < -0.39 is 0 Å². The number of para-hydroxylation sites is 1. The van der Waals surface area contributed by atoms with Gasteiger partial charge in [-0.15, -0.1) is 0 Å². The van der Waals surface area contributed by atoms with Crippen LogP contribution < -0.4 is 10.1 Å². The monoisotopic (exact) mass is 337 g/mol. The molecule has 0 atom stereocenters. The van der Waals surface area contributed by atoms with Crippen molar-refractivity contribution in [3.8, 4) is 5.75 Å². The summed E-state index contributed by atoms with van der Waals surface area (Å²) in [5, 5.41) is 3.50. The van der Waals surface area contributed by atoms with Gasteiger partial charge in [-0.1, -0.05) is 24.3 Å². The minimum Gasteiger partial charge on any atom is -0.487 e. The highest BCUT2D eigenvalue weighted by Gasteiger charge is 2.38. The van der Waals surface area contributed by atoms with Crippen LogP contribution >= 0.6 is 0 Å². The fraction of sp³-hybridized carbons (Fsp3) is 0.476. The molecule has 2 fully saturated rings. The molecule has 2 aromatic rings. The van der Waals surface area contributed by atoms with Crippen molar-refractivity contribution < 1.29 is 4.74 Å². The number of rotatable bonds is 5. The highest BCUT2D eigenvalue weighted by Crippen LogP contribution is 2.39. The van der Waals surface area contributed by atoms with Crippen LogP contribution in [0.3, 0.4) is 0 Å². The Morgan fingerprint density at radius 3 is 2.72 bits per heavy atom. The highest BCUT2D eigenvalue weighted by molar-refractivity contribution is 5.33. The first-order chi connectivity index (χ1) is 12.3. The van der Waals surface area contributed by atoms with Crippen molar-refractivity contribution in [2.24, 2.45) is 5.41 Å². The molecular formula is C21H27N3O. The predicted octanol–water partition coefficient (Wildman–Crippen LogP) is 3.24. The number of piperidine rings is 1. The molecule has 0 saturated carbocycles. The van der Waals surface area contributed by atoms with Gasteiger partial charge in [0.25, 0.3) is 0 Å². The van der Waals surface area contributed by atoms with Gasteiger partial charge >= 0.3 is 0 Å². The summed E-state index contributed by atoms with van der Waals surface area (Å²) in [6.45, 7) is 6.29. The lowest BCUT2D eigenvalue weighted by atomic mass is 9.78. The number of likely N-dealkylation sites (tertiary alicyclic amines) is 1. The fourth-order valence-corrected chi connectivity index (χ4v) is 4.18. The van der Waals surface area contributed by atoms with E-state index in [-0.39, 0.29) is 0 Å². The molecule has 2 saturated heterocycles. The first kappa shape index (κ1) is 16.6. The maximum atomic E-state index is 6.07. The van der Waals surface area contributed by atoms with Crippen LogP contribution in [0.2, 0.25) is 0 Å². The average molecular weight is 337 g/mol. The van der Waals surface area contributed by atoms with Crippen molar-refractivity contribution in [1.82, 2.24) is 15.2 Å². The van der Waals surface area contributed by atoms with E-state index >= 15 is 0 Å². The quantitative estimate of drug-likeness (QED) is 0.909. The molecule has 0 bridgehead atoms. The van der Waals surface area contributed by atoms with E-state index in [0.29, 0.717) is 12.0 Å². The van der Waals surface area contributed by atoms with E-state index in [0.717, 1.165) is 18.0 Å².